The molecule has 1 saturated heterocycles. The van der Waals surface area contributed by atoms with Crippen LogP contribution in [0.5, 0.6) is 5.75 Å². The molecule has 3 rings (SSSR count). The number of halogens is 1. The van der Waals surface area contributed by atoms with Crippen molar-refractivity contribution in [3.8, 4) is 5.75 Å². The third-order valence-electron chi connectivity index (χ3n) is 3.94. The number of hydrogen-bond donors (Lipinski definition) is 1. The molecule has 0 aromatic heterocycles. The highest BCUT2D eigenvalue weighted by Crippen LogP contribution is 2.26. The number of rotatable bonds is 3. The van der Waals surface area contributed by atoms with E-state index in [0.29, 0.717) is 21.5 Å². The largest absolute Gasteiger partial charge is 0.497 e. The van der Waals surface area contributed by atoms with Gasteiger partial charge in [-0.1, -0.05) is 28.1 Å². The third kappa shape index (κ3) is 3.39. The van der Waals surface area contributed by atoms with Crippen LogP contribution in [0.1, 0.15) is 11.1 Å². The Bertz CT molecular complexity index is 952. The first kappa shape index (κ1) is 17.9. The molecule has 2 aromatic carbocycles. The van der Waals surface area contributed by atoms with Crippen LogP contribution in [0.15, 0.2) is 52.5 Å². The molecule has 1 aliphatic rings. The molecule has 1 N–H and O–H groups in total. The van der Waals surface area contributed by atoms with Crippen molar-refractivity contribution in [1.82, 2.24) is 5.32 Å². The fourth-order valence-corrected chi connectivity index (χ4v) is 2.99. The van der Waals surface area contributed by atoms with Crippen LogP contribution >= 0.6 is 15.9 Å². The number of aryl methyl sites for hydroxylation is 1. The number of hydrogen-bond acceptors (Lipinski definition) is 4. The van der Waals surface area contributed by atoms with Gasteiger partial charge in [-0.25, -0.2) is 9.69 Å². The van der Waals surface area contributed by atoms with Crippen LogP contribution in [0.2, 0.25) is 0 Å². The van der Waals surface area contributed by atoms with Crippen molar-refractivity contribution in [3.05, 3.63) is 63.6 Å². The van der Waals surface area contributed by atoms with Gasteiger partial charge in [0.05, 0.1) is 12.8 Å². The SMILES string of the molecule is COc1ccc(/C=C2\C(=O)NC(=O)N(c3cccc(Br)c3)C2=O)c(C)c1. The molecule has 0 bridgehead atoms. The highest BCUT2D eigenvalue weighted by molar-refractivity contribution is 9.10. The van der Waals surface area contributed by atoms with E-state index in [-0.39, 0.29) is 5.57 Å². The van der Waals surface area contributed by atoms with Crippen molar-refractivity contribution >= 4 is 45.5 Å². The normalized spacial score (nSPS) is 16.0. The topological polar surface area (TPSA) is 75.7 Å². The minimum absolute atomic E-state index is 0.113. The van der Waals surface area contributed by atoms with E-state index in [0.717, 1.165) is 10.5 Å². The number of nitrogens with zero attached hydrogens (tertiary/aromatic N) is 1. The van der Waals surface area contributed by atoms with Gasteiger partial charge in [0.15, 0.2) is 0 Å². The second kappa shape index (κ2) is 7.13. The molecule has 4 amide bonds. The number of carbonyl (C=O) groups is 3. The summed E-state index contributed by atoms with van der Waals surface area (Å²) in [6, 6.07) is 11.2. The molecule has 0 unspecified atom stereocenters. The smallest absolute Gasteiger partial charge is 0.335 e. The number of nitrogens with one attached hydrogen (secondary N) is 1. The second-order valence-corrected chi connectivity index (χ2v) is 6.58. The predicted molar refractivity (Wildman–Crippen MR) is 101 cm³/mol. The van der Waals surface area contributed by atoms with E-state index >= 15 is 0 Å². The lowest BCUT2D eigenvalue weighted by Gasteiger charge is -2.26. The average molecular weight is 415 g/mol. The number of anilines is 1. The van der Waals surface area contributed by atoms with Crippen molar-refractivity contribution in [2.75, 3.05) is 12.0 Å². The zero-order valence-electron chi connectivity index (χ0n) is 14.1. The molecular weight excluding hydrogens is 400 g/mol. The Kier molecular flexibility index (Phi) is 4.90. The molecule has 2 aromatic rings. The molecule has 0 aliphatic carbocycles. The quantitative estimate of drug-likeness (QED) is 0.616. The third-order valence-corrected chi connectivity index (χ3v) is 4.44. The maximum Gasteiger partial charge on any atom is 0.335 e. The van der Waals surface area contributed by atoms with Gasteiger partial charge < -0.3 is 4.74 Å². The fourth-order valence-electron chi connectivity index (χ4n) is 2.60. The molecule has 6 nitrogen and oxygen atoms in total. The predicted octanol–water partition coefficient (Wildman–Crippen LogP) is 3.43. The zero-order chi connectivity index (χ0) is 18.8. The molecule has 0 radical (unpaired) electrons. The standard InChI is InChI=1S/C19H15BrN2O4/c1-11-8-15(26-2)7-6-12(11)9-16-17(23)21-19(25)22(18(16)24)14-5-3-4-13(20)10-14/h3-10H,1-2H3,(H,21,23,25)/b16-9+. The highest BCUT2D eigenvalue weighted by atomic mass is 79.9. The lowest BCUT2D eigenvalue weighted by molar-refractivity contribution is -0.122. The maximum atomic E-state index is 12.8. The first-order chi connectivity index (χ1) is 12.4. The molecular formula is C19H15BrN2O4. The van der Waals surface area contributed by atoms with E-state index in [1.807, 2.05) is 6.92 Å². The summed E-state index contributed by atoms with van der Waals surface area (Å²) < 4.78 is 5.87. The monoisotopic (exact) mass is 414 g/mol. The Morgan fingerprint density at radius 2 is 1.88 bits per heavy atom. The first-order valence-electron chi connectivity index (χ1n) is 7.72. The van der Waals surface area contributed by atoms with Crippen LogP contribution in [-0.2, 0) is 9.59 Å². The van der Waals surface area contributed by atoms with Crippen LogP contribution in [0.25, 0.3) is 6.08 Å². The second-order valence-electron chi connectivity index (χ2n) is 5.66. The molecule has 0 spiro atoms. The Morgan fingerprint density at radius 3 is 2.54 bits per heavy atom. The number of urea groups is 1. The molecule has 26 heavy (non-hydrogen) atoms. The molecule has 1 fully saturated rings. The molecule has 7 heteroatoms. The Morgan fingerprint density at radius 1 is 1.12 bits per heavy atom. The summed E-state index contributed by atoms with van der Waals surface area (Å²) in [5, 5.41) is 2.21. The van der Waals surface area contributed by atoms with E-state index in [1.165, 1.54) is 6.08 Å². The van der Waals surface area contributed by atoms with E-state index in [4.69, 9.17) is 4.74 Å². The van der Waals surface area contributed by atoms with Crippen LogP contribution in [0, 0.1) is 6.92 Å². The van der Waals surface area contributed by atoms with Crippen molar-refractivity contribution < 1.29 is 19.1 Å². The maximum absolute atomic E-state index is 12.8. The number of amides is 4. The number of methoxy groups -OCH3 is 1. The van der Waals surface area contributed by atoms with Crippen molar-refractivity contribution in [3.63, 3.8) is 0 Å². The van der Waals surface area contributed by atoms with Crippen molar-refractivity contribution in [2.24, 2.45) is 0 Å². The molecule has 1 aliphatic heterocycles. The lowest BCUT2D eigenvalue weighted by Crippen LogP contribution is -2.54. The van der Waals surface area contributed by atoms with Gasteiger partial charge in [0.1, 0.15) is 11.3 Å². The van der Waals surface area contributed by atoms with Crippen LogP contribution in [-0.4, -0.2) is 25.0 Å². The van der Waals surface area contributed by atoms with Crippen LogP contribution < -0.4 is 15.0 Å². The summed E-state index contributed by atoms with van der Waals surface area (Å²) in [4.78, 5) is 38.2. The first-order valence-corrected chi connectivity index (χ1v) is 8.51. The van der Waals surface area contributed by atoms with Crippen LogP contribution in [0.4, 0.5) is 10.5 Å². The summed E-state index contributed by atoms with van der Waals surface area (Å²) in [6.45, 7) is 1.84. The molecule has 1 heterocycles. The Balaban J connectivity index is 2.03. The summed E-state index contributed by atoms with van der Waals surface area (Å²) >= 11 is 3.31. The summed E-state index contributed by atoms with van der Waals surface area (Å²) in [5.41, 5.74) is 1.78. The van der Waals surface area contributed by atoms with Gasteiger partial charge in [-0.3, -0.25) is 14.9 Å². The molecule has 0 atom stereocenters. The highest BCUT2D eigenvalue weighted by Gasteiger charge is 2.36. The zero-order valence-corrected chi connectivity index (χ0v) is 15.7. The lowest BCUT2D eigenvalue weighted by atomic mass is 10.0. The van der Waals surface area contributed by atoms with Gasteiger partial charge in [0.25, 0.3) is 11.8 Å². The van der Waals surface area contributed by atoms with E-state index in [2.05, 4.69) is 21.2 Å². The summed E-state index contributed by atoms with van der Waals surface area (Å²) in [5.74, 6) is -0.719. The van der Waals surface area contributed by atoms with E-state index in [9.17, 15) is 14.4 Å². The van der Waals surface area contributed by atoms with Gasteiger partial charge in [-0.05, 0) is 54.5 Å². The minimum Gasteiger partial charge on any atom is -0.497 e. The minimum atomic E-state index is -0.776. The fraction of sp³-hybridized carbons (Fsp3) is 0.105. The van der Waals surface area contributed by atoms with E-state index in [1.54, 1.807) is 49.6 Å². The van der Waals surface area contributed by atoms with Gasteiger partial charge >= 0.3 is 6.03 Å². The van der Waals surface area contributed by atoms with Crippen molar-refractivity contribution in [2.45, 2.75) is 6.92 Å². The number of carbonyl (C=O) groups excluding carboxylic acids is 3. The summed E-state index contributed by atoms with van der Waals surface area (Å²) in [7, 11) is 1.56. The van der Waals surface area contributed by atoms with Gasteiger partial charge in [0, 0.05) is 4.47 Å². The Hall–Kier alpha value is -2.93. The molecule has 132 valence electrons. The van der Waals surface area contributed by atoms with Crippen molar-refractivity contribution in [1.29, 1.82) is 0 Å². The van der Waals surface area contributed by atoms with Gasteiger partial charge in [-0.2, -0.15) is 0 Å². The number of barbiturate groups is 1. The van der Waals surface area contributed by atoms with Gasteiger partial charge in [-0.15, -0.1) is 0 Å². The number of imide groups is 2. The molecule has 0 saturated carbocycles. The number of ether oxygens (including phenoxy) is 1. The number of benzene rings is 2. The van der Waals surface area contributed by atoms with Gasteiger partial charge in [0.2, 0.25) is 0 Å². The summed E-state index contributed by atoms with van der Waals surface area (Å²) in [6.07, 6.45) is 1.48. The average Bonchev–Trinajstić information content (AvgIpc) is 2.59. The Labute approximate surface area is 158 Å². The van der Waals surface area contributed by atoms with E-state index < -0.39 is 17.8 Å². The van der Waals surface area contributed by atoms with Crippen LogP contribution in [0.3, 0.4) is 0 Å².